The van der Waals surface area contributed by atoms with Crippen molar-refractivity contribution in [3.05, 3.63) is 29.1 Å². The highest BCUT2D eigenvalue weighted by atomic mass is 19.1. The summed E-state index contributed by atoms with van der Waals surface area (Å²) in [6, 6.07) is 2.96. The first-order valence-corrected chi connectivity index (χ1v) is 8.61. The number of likely N-dealkylation sites (tertiary alicyclic amines) is 1. The number of hydrogen-bond acceptors (Lipinski definition) is 3. The maximum atomic E-state index is 14.7. The second kappa shape index (κ2) is 6.89. The van der Waals surface area contributed by atoms with Crippen LogP contribution in [0.15, 0.2) is 12.1 Å². The number of benzene rings is 1. The van der Waals surface area contributed by atoms with Crippen molar-refractivity contribution in [1.82, 2.24) is 10.2 Å². The van der Waals surface area contributed by atoms with Gasteiger partial charge in [0.1, 0.15) is 11.9 Å². The Kier molecular flexibility index (Phi) is 4.85. The van der Waals surface area contributed by atoms with Gasteiger partial charge in [0.15, 0.2) is 0 Å². The molecule has 0 saturated carbocycles. The molecule has 2 aliphatic rings. The normalized spacial score (nSPS) is 20.2. The van der Waals surface area contributed by atoms with E-state index in [1.165, 1.54) is 0 Å². The molecular formula is C18H24FN3O2. The maximum Gasteiger partial charge on any atom is 0.247 e. The predicted octanol–water partition coefficient (Wildman–Crippen LogP) is 2.06. The molecule has 6 heteroatoms. The number of amides is 2. The maximum absolute atomic E-state index is 14.7. The zero-order chi connectivity index (χ0) is 17.3. The minimum atomic E-state index is -0.503. The van der Waals surface area contributed by atoms with Gasteiger partial charge in [0.2, 0.25) is 11.8 Å². The fourth-order valence-electron chi connectivity index (χ4n) is 3.48. The van der Waals surface area contributed by atoms with Crippen molar-refractivity contribution in [3.8, 4) is 0 Å². The van der Waals surface area contributed by atoms with Gasteiger partial charge in [0, 0.05) is 19.0 Å². The van der Waals surface area contributed by atoms with E-state index in [4.69, 9.17) is 0 Å². The summed E-state index contributed by atoms with van der Waals surface area (Å²) in [5.41, 5.74) is 1.83. The standard InChI is InChI=1S/C18H24FN3O2/c1-11(2)18(24)22-9-3-4-15(22)17(23)21-14-6-5-12-10-20-8-7-13(12)16(14)19/h5-6,11,15,20H,3-4,7-10H2,1-2H3,(H,21,23). The minimum Gasteiger partial charge on any atom is -0.330 e. The number of hydrogen-bond donors (Lipinski definition) is 2. The third-order valence-corrected chi connectivity index (χ3v) is 4.80. The lowest BCUT2D eigenvalue weighted by molar-refractivity contribution is -0.139. The van der Waals surface area contributed by atoms with Crippen LogP contribution < -0.4 is 10.6 Å². The van der Waals surface area contributed by atoms with Crippen LogP contribution in [0.5, 0.6) is 0 Å². The van der Waals surface area contributed by atoms with E-state index < -0.39 is 6.04 Å². The molecule has 24 heavy (non-hydrogen) atoms. The number of nitrogens with zero attached hydrogens (tertiary/aromatic N) is 1. The summed E-state index contributed by atoms with van der Waals surface area (Å²) in [6.45, 7) is 5.63. The van der Waals surface area contributed by atoms with Crippen LogP contribution in [0.2, 0.25) is 0 Å². The zero-order valence-electron chi connectivity index (χ0n) is 14.2. The predicted molar refractivity (Wildman–Crippen MR) is 90.0 cm³/mol. The largest absolute Gasteiger partial charge is 0.330 e. The Labute approximate surface area is 141 Å². The Morgan fingerprint density at radius 3 is 2.92 bits per heavy atom. The van der Waals surface area contributed by atoms with E-state index >= 15 is 0 Å². The Morgan fingerprint density at radius 1 is 1.38 bits per heavy atom. The van der Waals surface area contributed by atoms with E-state index in [0.717, 1.165) is 18.5 Å². The summed E-state index contributed by atoms with van der Waals surface area (Å²) in [5.74, 6) is -0.813. The van der Waals surface area contributed by atoms with E-state index in [2.05, 4.69) is 10.6 Å². The topological polar surface area (TPSA) is 61.4 Å². The molecule has 3 rings (SSSR count). The molecule has 2 aliphatic heterocycles. The molecule has 5 nitrogen and oxygen atoms in total. The van der Waals surface area contributed by atoms with Gasteiger partial charge in [-0.1, -0.05) is 19.9 Å². The summed E-state index contributed by atoms with van der Waals surface area (Å²) in [4.78, 5) is 26.4. The summed E-state index contributed by atoms with van der Waals surface area (Å²) in [6.07, 6.45) is 2.04. The van der Waals surface area contributed by atoms with Gasteiger partial charge >= 0.3 is 0 Å². The third-order valence-electron chi connectivity index (χ3n) is 4.80. The van der Waals surface area contributed by atoms with E-state index in [9.17, 15) is 14.0 Å². The first-order valence-electron chi connectivity index (χ1n) is 8.61. The number of carbonyl (C=O) groups is 2. The van der Waals surface area contributed by atoms with Crippen LogP contribution in [-0.4, -0.2) is 35.8 Å². The highest BCUT2D eigenvalue weighted by molar-refractivity contribution is 5.98. The molecule has 1 fully saturated rings. The molecule has 1 aromatic carbocycles. The van der Waals surface area contributed by atoms with Crippen molar-refractivity contribution in [2.75, 3.05) is 18.4 Å². The quantitative estimate of drug-likeness (QED) is 0.890. The molecule has 0 spiro atoms. The fraction of sp³-hybridized carbons (Fsp3) is 0.556. The van der Waals surface area contributed by atoms with Crippen molar-refractivity contribution in [2.24, 2.45) is 5.92 Å². The Hall–Kier alpha value is -1.95. The van der Waals surface area contributed by atoms with E-state index in [1.807, 2.05) is 19.9 Å². The Balaban J connectivity index is 1.76. The highest BCUT2D eigenvalue weighted by Gasteiger charge is 2.35. The van der Waals surface area contributed by atoms with Gasteiger partial charge in [-0.05, 0) is 43.0 Å². The monoisotopic (exact) mass is 333 g/mol. The zero-order valence-corrected chi connectivity index (χ0v) is 14.2. The van der Waals surface area contributed by atoms with Crippen LogP contribution in [0.4, 0.5) is 10.1 Å². The first-order chi connectivity index (χ1) is 11.5. The van der Waals surface area contributed by atoms with Crippen LogP contribution in [-0.2, 0) is 22.6 Å². The SMILES string of the molecule is CC(C)C(=O)N1CCCC1C(=O)Nc1ccc2c(c1F)CCNC2. The van der Waals surface area contributed by atoms with Gasteiger partial charge in [-0.15, -0.1) is 0 Å². The van der Waals surface area contributed by atoms with Crippen LogP contribution in [0, 0.1) is 11.7 Å². The Morgan fingerprint density at radius 2 is 2.17 bits per heavy atom. The second-order valence-electron chi connectivity index (χ2n) is 6.83. The molecule has 0 aromatic heterocycles. The number of anilines is 1. The third kappa shape index (κ3) is 3.15. The molecule has 1 saturated heterocycles. The van der Waals surface area contributed by atoms with Gasteiger partial charge in [0.25, 0.3) is 0 Å². The van der Waals surface area contributed by atoms with Crippen molar-refractivity contribution < 1.29 is 14.0 Å². The lowest BCUT2D eigenvalue weighted by atomic mass is 9.99. The molecule has 130 valence electrons. The van der Waals surface area contributed by atoms with Crippen molar-refractivity contribution >= 4 is 17.5 Å². The van der Waals surface area contributed by atoms with Gasteiger partial charge < -0.3 is 15.5 Å². The van der Waals surface area contributed by atoms with E-state index in [-0.39, 0.29) is 29.2 Å². The molecule has 2 heterocycles. The molecule has 0 aliphatic carbocycles. The van der Waals surface area contributed by atoms with E-state index in [1.54, 1.807) is 11.0 Å². The molecule has 2 amide bonds. The second-order valence-corrected chi connectivity index (χ2v) is 6.83. The summed E-state index contributed by atoms with van der Waals surface area (Å²) in [5, 5.41) is 5.90. The van der Waals surface area contributed by atoms with Crippen molar-refractivity contribution in [2.45, 2.75) is 45.7 Å². The number of halogens is 1. The summed E-state index contributed by atoms with van der Waals surface area (Å²) in [7, 11) is 0. The lowest BCUT2D eigenvalue weighted by Crippen LogP contribution is -2.44. The molecule has 0 radical (unpaired) electrons. The molecule has 1 atom stereocenters. The minimum absolute atomic E-state index is 0.0235. The number of nitrogens with one attached hydrogen (secondary N) is 2. The molecule has 0 bridgehead atoms. The Bertz CT molecular complexity index is 660. The van der Waals surface area contributed by atoms with Crippen molar-refractivity contribution in [3.63, 3.8) is 0 Å². The highest BCUT2D eigenvalue weighted by Crippen LogP contribution is 2.26. The van der Waals surface area contributed by atoms with E-state index in [0.29, 0.717) is 31.5 Å². The average Bonchev–Trinajstić information content (AvgIpc) is 3.06. The van der Waals surface area contributed by atoms with Gasteiger partial charge in [-0.2, -0.15) is 0 Å². The van der Waals surface area contributed by atoms with Crippen LogP contribution >= 0.6 is 0 Å². The van der Waals surface area contributed by atoms with Gasteiger partial charge in [-0.3, -0.25) is 9.59 Å². The van der Waals surface area contributed by atoms with Crippen LogP contribution in [0.25, 0.3) is 0 Å². The van der Waals surface area contributed by atoms with Crippen LogP contribution in [0.3, 0.4) is 0 Å². The number of carbonyl (C=O) groups excluding carboxylic acids is 2. The average molecular weight is 333 g/mol. The summed E-state index contributed by atoms with van der Waals surface area (Å²) >= 11 is 0. The van der Waals surface area contributed by atoms with Crippen LogP contribution in [0.1, 0.15) is 37.8 Å². The fourth-order valence-corrected chi connectivity index (χ4v) is 3.48. The number of fused-ring (bicyclic) bond motifs is 1. The molecule has 1 unspecified atom stereocenters. The van der Waals surface area contributed by atoms with Gasteiger partial charge in [-0.25, -0.2) is 4.39 Å². The van der Waals surface area contributed by atoms with Crippen molar-refractivity contribution in [1.29, 1.82) is 0 Å². The molecular weight excluding hydrogens is 309 g/mol. The van der Waals surface area contributed by atoms with Gasteiger partial charge in [0.05, 0.1) is 5.69 Å². The molecule has 2 N–H and O–H groups in total. The number of rotatable bonds is 3. The molecule has 1 aromatic rings. The first kappa shape index (κ1) is 16.9. The lowest BCUT2D eigenvalue weighted by Gasteiger charge is -2.26. The smallest absolute Gasteiger partial charge is 0.247 e. The summed E-state index contributed by atoms with van der Waals surface area (Å²) < 4.78 is 14.7.